The zero-order valence-electron chi connectivity index (χ0n) is 15.3. The first kappa shape index (κ1) is 18.2. The Labute approximate surface area is 158 Å². The highest BCUT2D eigenvalue weighted by atomic mass is 35.5. The number of rotatable bonds is 4. The third kappa shape index (κ3) is 3.51. The molecule has 1 amide bonds. The smallest absolute Gasteiger partial charge is 0.255 e. The molecular weight excluding hydrogens is 348 g/mol. The molecule has 0 spiro atoms. The van der Waals surface area contributed by atoms with Crippen molar-refractivity contribution in [2.75, 3.05) is 14.2 Å². The molecule has 4 nitrogen and oxygen atoms in total. The molecule has 0 saturated heterocycles. The number of halogens is 1. The van der Waals surface area contributed by atoms with Crippen molar-refractivity contribution in [3.63, 3.8) is 0 Å². The minimum absolute atomic E-state index is 0.0674. The van der Waals surface area contributed by atoms with Gasteiger partial charge in [-0.1, -0.05) is 23.7 Å². The van der Waals surface area contributed by atoms with Crippen LogP contribution in [-0.2, 0) is 0 Å². The van der Waals surface area contributed by atoms with E-state index in [1.165, 1.54) is 0 Å². The van der Waals surface area contributed by atoms with Gasteiger partial charge in [0.25, 0.3) is 5.91 Å². The second kappa shape index (κ2) is 7.34. The average Bonchev–Trinajstić information content (AvgIpc) is 2.66. The van der Waals surface area contributed by atoms with Crippen molar-refractivity contribution < 1.29 is 9.53 Å². The Bertz CT molecular complexity index is 954. The monoisotopic (exact) mass is 368 g/mol. The number of amides is 1. The van der Waals surface area contributed by atoms with E-state index in [-0.39, 0.29) is 11.9 Å². The van der Waals surface area contributed by atoms with Gasteiger partial charge in [0.05, 0.1) is 29.9 Å². The molecule has 2 aromatic carbocycles. The van der Waals surface area contributed by atoms with E-state index >= 15 is 0 Å². The second-order valence-electron chi connectivity index (χ2n) is 6.32. The summed E-state index contributed by atoms with van der Waals surface area (Å²) in [5.41, 5.74) is 3.17. The molecule has 0 radical (unpaired) electrons. The number of methoxy groups -OCH3 is 1. The first-order valence-electron chi connectivity index (χ1n) is 8.38. The Kier molecular flexibility index (Phi) is 5.14. The van der Waals surface area contributed by atoms with Crippen molar-refractivity contribution in [2.24, 2.45) is 0 Å². The molecule has 3 aromatic rings. The van der Waals surface area contributed by atoms with Crippen LogP contribution >= 0.6 is 11.6 Å². The average molecular weight is 369 g/mol. The Hall–Kier alpha value is -2.59. The van der Waals surface area contributed by atoms with E-state index in [1.54, 1.807) is 19.1 Å². The molecule has 1 atom stereocenters. The van der Waals surface area contributed by atoms with Crippen LogP contribution in [0.3, 0.4) is 0 Å². The summed E-state index contributed by atoms with van der Waals surface area (Å²) in [4.78, 5) is 19.4. The van der Waals surface area contributed by atoms with E-state index in [0.717, 1.165) is 22.2 Å². The molecule has 1 aromatic heterocycles. The van der Waals surface area contributed by atoms with Gasteiger partial charge in [0.2, 0.25) is 0 Å². The fourth-order valence-corrected chi connectivity index (χ4v) is 3.05. The summed E-state index contributed by atoms with van der Waals surface area (Å²) in [6.45, 7) is 3.85. The Morgan fingerprint density at radius 1 is 1.15 bits per heavy atom. The molecule has 0 saturated carbocycles. The summed E-state index contributed by atoms with van der Waals surface area (Å²) in [6.07, 6.45) is 0. The highest BCUT2D eigenvalue weighted by Crippen LogP contribution is 2.26. The Balaban J connectivity index is 1.95. The number of nitrogens with zero attached hydrogens (tertiary/aromatic N) is 2. The summed E-state index contributed by atoms with van der Waals surface area (Å²) in [5, 5.41) is 1.56. The third-order valence-corrected chi connectivity index (χ3v) is 4.95. The number of carbonyl (C=O) groups excluding carboxylic acids is 1. The minimum atomic E-state index is -0.0832. The largest absolute Gasteiger partial charge is 0.497 e. The van der Waals surface area contributed by atoms with Gasteiger partial charge in [-0.2, -0.15) is 0 Å². The Morgan fingerprint density at radius 2 is 1.85 bits per heavy atom. The highest BCUT2D eigenvalue weighted by molar-refractivity contribution is 6.30. The quantitative estimate of drug-likeness (QED) is 0.648. The van der Waals surface area contributed by atoms with Crippen LogP contribution < -0.4 is 4.74 Å². The van der Waals surface area contributed by atoms with Crippen LogP contribution in [0.4, 0.5) is 0 Å². The van der Waals surface area contributed by atoms with Crippen molar-refractivity contribution in [3.05, 3.63) is 70.4 Å². The number of ether oxygens (including phenoxy) is 1. The maximum absolute atomic E-state index is 13.1. The Morgan fingerprint density at radius 3 is 2.50 bits per heavy atom. The topological polar surface area (TPSA) is 42.4 Å². The molecular formula is C21H21ClN2O2. The lowest BCUT2D eigenvalue weighted by Crippen LogP contribution is -2.30. The van der Waals surface area contributed by atoms with E-state index in [1.807, 2.05) is 62.4 Å². The number of pyridine rings is 1. The lowest BCUT2D eigenvalue weighted by molar-refractivity contribution is 0.0741. The maximum atomic E-state index is 13.1. The number of benzene rings is 2. The highest BCUT2D eigenvalue weighted by Gasteiger charge is 2.21. The summed E-state index contributed by atoms with van der Waals surface area (Å²) in [7, 11) is 3.42. The third-order valence-electron chi connectivity index (χ3n) is 4.70. The van der Waals surface area contributed by atoms with E-state index in [4.69, 9.17) is 16.3 Å². The van der Waals surface area contributed by atoms with E-state index in [0.29, 0.717) is 16.3 Å². The lowest BCUT2D eigenvalue weighted by atomic mass is 10.0. The molecule has 0 aliphatic heterocycles. The predicted octanol–water partition coefficient (Wildman–Crippen LogP) is 5.04. The predicted molar refractivity (Wildman–Crippen MR) is 105 cm³/mol. The van der Waals surface area contributed by atoms with Gasteiger partial charge in [0.15, 0.2) is 0 Å². The van der Waals surface area contributed by atoms with Crippen molar-refractivity contribution in [1.82, 2.24) is 9.88 Å². The summed E-state index contributed by atoms with van der Waals surface area (Å²) < 4.78 is 5.27. The zero-order chi connectivity index (χ0) is 18.8. The van der Waals surface area contributed by atoms with Gasteiger partial charge in [-0.25, -0.2) is 0 Å². The number of aryl methyl sites for hydroxylation is 1. The van der Waals surface area contributed by atoms with Gasteiger partial charge in [-0.3, -0.25) is 9.78 Å². The van der Waals surface area contributed by atoms with Crippen LogP contribution in [0.15, 0.2) is 48.5 Å². The molecule has 0 aliphatic carbocycles. The van der Waals surface area contributed by atoms with Gasteiger partial charge < -0.3 is 9.64 Å². The summed E-state index contributed by atoms with van der Waals surface area (Å²) in [5.74, 6) is 0.673. The molecule has 0 unspecified atom stereocenters. The molecule has 5 heteroatoms. The van der Waals surface area contributed by atoms with Crippen LogP contribution in [0, 0.1) is 6.92 Å². The van der Waals surface area contributed by atoms with Crippen LogP contribution in [0.25, 0.3) is 10.9 Å². The fraction of sp³-hybridized carbons (Fsp3) is 0.238. The van der Waals surface area contributed by atoms with Gasteiger partial charge >= 0.3 is 0 Å². The molecule has 0 N–H and O–H groups in total. The van der Waals surface area contributed by atoms with Gasteiger partial charge in [-0.15, -0.1) is 0 Å². The van der Waals surface area contributed by atoms with E-state index in [2.05, 4.69) is 4.98 Å². The number of hydrogen-bond donors (Lipinski definition) is 0. The van der Waals surface area contributed by atoms with Crippen LogP contribution in [0.1, 0.15) is 34.6 Å². The SMILES string of the molecule is COc1ccc2nc(C)c(C(=O)N(C)[C@@H](C)c3ccc(Cl)cc3)cc2c1. The van der Waals surface area contributed by atoms with Crippen molar-refractivity contribution in [1.29, 1.82) is 0 Å². The molecule has 0 aliphatic rings. The van der Waals surface area contributed by atoms with Gasteiger partial charge in [-0.05, 0) is 55.8 Å². The fourth-order valence-electron chi connectivity index (χ4n) is 2.93. The first-order valence-corrected chi connectivity index (χ1v) is 8.76. The van der Waals surface area contributed by atoms with Gasteiger partial charge in [0, 0.05) is 17.5 Å². The van der Waals surface area contributed by atoms with E-state index < -0.39 is 0 Å². The standard InChI is InChI=1S/C21H21ClN2O2/c1-13-19(12-16-11-18(26-4)9-10-20(16)23-13)21(25)24(3)14(2)15-5-7-17(22)8-6-15/h5-12,14H,1-4H3/t14-/m0/s1. The second-order valence-corrected chi connectivity index (χ2v) is 6.76. The van der Waals surface area contributed by atoms with Crippen LogP contribution in [-0.4, -0.2) is 29.9 Å². The number of hydrogen-bond acceptors (Lipinski definition) is 3. The molecule has 134 valence electrons. The van der Waals surface area contributed by atoms with Crippen LogP contribution in [0.2, 0.25) is 5.02 Å². The van der Waals surface area contributed by atoms with Crippen molar-refractivity contribution >= 4 is 28.4 Å². The molecule has 0 bridgehead atoms. The molecule has 3 rings (SSSR count). The molecule has 1 heterocycles. The summed E-state index contributed by atoms with van der Waals surface area (Å²) >= 11 is 5.96. The number of carbonyl (C=O) groups is 1. The van der Waals surface area contributed by atoms with Crippen molar-refractivity contribution in [3.8, 4) is 5.75 Å². The lowest BCUT2D eigenvalue weighted by Gasteiger charge is -2.26. The number of fused-ring (bicyclic) bond motifs is 1. The van der Waals surface area contributed by atoms with Gasteiger partial charge in [0.1, 0.15) is 5.75 Å². The zero-order valence-corrected chi connectivity index (χ0v) is 16.0. The van der Waals surface area contributed by atoms with Crippen LogP contribution in [0.5, 0.6) is 5.75 Å². The number of aromatic nitrogens is 1. The normalized spacial score (nSPS) is 12.0. The minimum Gasteiger partial charge on any atom is -0.497 e. The van der Waals surface area contributed by atoms with E-state index in [9.17, 15) is 4.79 Å². The first-order chi connectivity index (χ1) is 12.4. The summed E-state index contributed by atoms with van der Waals surface area (Å²) in [6, 6.07) is 15.0. The molecule has 26 heavy (non-hydrogen) atoms. The molecule has 0 fully saturated rings. The van der Waals surface area contributed by atoms with Crippen molar-refractivity contribution in [2.45, 2.75) is 19.9 Å². The maximum Gasteiger partial charge on any atom is 0.255 e.